The summed E-state index contributed by atoms with van der Waals surface area (Å²) in [6.07, 6.45) is 2.74. The first-order valence-electron chi connectivity index (χ1n) is 5.75. The topological polar surface area (TPSA) is 62.1 Å². The van der Waals surface area contributed by atoms with Crippen molar-refractivity contribution in [2.75, 3.05) is 18.5 Å². The molecule has 0 heterocycles. The Morgan fingerprint density at radius 3 is 3.11 bits per heavy atom. The lowest BCUT2D eigenvalue weighted by atomic mass is 10.2. The Balaban J connectivity index is 2.31. The molecule has 4 heteroatoms. The van der Waals surface area contributed by atoms with Crippen LogP contribution in [0.2, 0.25) is 0 Å². The van der Waals surface area contributed by atoms with Gasteiger partial charge in [0.2, 0.25) is 5.91 Å². The van der Waals surface area contributed by atoms with E-state index in [0.717, 1.165) is 0 Å². The van der Waals surface area contributed by atoms with Crippen molar-refractivity contribution >= 4 is 11.6 Å². The molecule has 0 aliphatic heterocycles. The Labute approximate surface area is 107 Å². The van der Waals surface area contributed by atoms with Gasteiger partial charge in [-0.2, -0.15) is 5.26 Å². The largest absolute Gasteiger partial charge is 0.377 e. The monoisotopic (exact) mass is 244 g/mol. The number of hydrogen-bond donors (Lipinski definition) is 1. The van der Waals surface area contributed by atoms with Gasteiger partial charge in [-0.25, -0.2) is 0 Å². The van der Waals surface area contributed by atoms with E-state index in [2.05, 4.69) is 11.9 Å². The fourth-order valence-corrected chi connectivity index (χ4v) is 1.39. The predicted molar refractivity (Wildman–Crippen MR) is 70.0 cm³/mol. The molecular weight excluding hydrogens is 228 g/mol. The summed E-state index contributed by atoms with van der Waals surface area (Å²) in [6.45, 7) is 4.58. The fraction of sp³-hybridized carbons (Fsp3) is 0.286. The third-order valence-corrected chi connectivity index (χ3v) is 2.20. The SMILES string of the molecule is C=CCOCCCC(=O)Nc1cccc(C#N)c1. The Hall–Kier alpha value is -2.12. The van der Waals surface area contributed by atoms with Gasteiger partial charge in [0.05, 0.1) is 18.2 Å². The molecule has 1 aromatic carbocycles. The van der Waals surface area contributed by atoms with Crippen molar-refractivity contribution in [1.29, 1.82) is 5.26 Å². The molecule has 0 aromatic heterocycles. The zero-order valence-electron chi connectivity index (χ0n) is 10.2. The van der Waals surface area contributed by atoms with Gasteiger partial charge in [-0.15, -0.1) is 6.58 Å². The fourth-order valence-electron chi connectivity index (χ4n) is 1.39. The summed E-state index contributed by atoms with van der Waals surface area (Å²) in [4.78, 5) is 11.6. The highest BCUT2D eigenvalue weighted by Gasteiger charge is 2.02. The molecule has 18 heavy (non-hydrogen) atoms. The summed E-state index contributed by atoms with van der Waals surface area (Å²) < 4.78 is 5.18. The maximum atomic E-state index is 11.6. The van der Waals surface area contributed by atoms with E-state index >= 15 is 0 Å². The summed E-state index contributed by atoms with van der Waals surface area (Å²) in [7, 11) is 0. The molecule has 0 atom stereocenters. The molecule has 0 fully saturated rings. The van der Waals surface area contributed by atoms with E-state index in [-0.39, 0.29) is 5.91 Å². The van der Waals surface area contributed by atoms with Crippen molar-refractivity contribution in [2.24, 2.45) is 0 Å². The number of nitrogens with zero attached hydrogens (tertiary/aromatic N) is 1. The maximum absolute atomic E-state index is 11.6. The molecule has 0 spiro atoms. The van der Waals surface area contributed by atoms with E-state index < -0.39 is 0 Å². The van der Waals surface area contributed by atoms with Crippen LogP contribution in [0.3, 0.4) is 0 Å². The van der Waals surface area contributed by atoms with Crippen LogP contribution in [0.15, 0.2) is 36.9 Å². The van der Waals surface area contributed by atoms with Gasteiger partial charge < -0.3 is 10.1 Å². The van der Waals surface area contributed by atoms with Gasteiger partial charge in [0, 0.05) is 18.7 Å². The van der Waals surface area contributed by atoms with E-state index in [1.165, 1.54) is 0 Å². The van der Waals surface area contributed by atoms with Crippen molar-refractivity contribution in [3.8, 4) is 6.07 Å². The second kappa shape index (κ2) is 8.04. The van der Waals surface area contributed by atoms with Gasteiger partial charge in [-0.1, -0.05) is 12.1 Å². The standard InChI is InChI=1S/C14H16N2O2/c1-2-8-18-9-4-7-14(17)16-13-6-3-5-12(10-13)11-15/h2-3,5-6,10H,1,4,7-9H2,(H,16,17). The van der Waals surface area contributed by atoms with E-state index in [4.69, 9.17) is 10.00 Å². The van der Waals surface area contributed by atoms with Gasteiger partial charge >= 0.3 is 0 Å². The number of anilines is 1. The van der Waals surface area contributed by atoms with Crippen LogP contribution in [-0.4, -0.2) is 19.1 Å². The third-order valence-electron chi connectivity index (χ3n) is 2.20. The Bertz CT molecular complexity index is 449. The van der Waals surface area contributed by atoms with Crippen molar-refractivity contribution in [1.82, 2.24) is 0 Å². The quantitative estimate of drug-likeness (QED) is 0.592. The number of rotatable bonds is 7. The Morgan fingerprint density at radius 2 is 2.39 bits per heavy atom. The van der Waals surface area contributed by atoms with Crippen LogP contribution < -0.4 is 5.32 Å². The van der Waals surface area contributed by atoms with Crippen molar-refractivity contribution in [2.45, 2.75) is 12.8 Å². The summed E-state index contributed by atoms with van der Waals surface area (Å²) in [5, 5.41) is 11.5. The number of nitrogens with one attached hydrogen (secondary N) is 1. The van der Waals surface area contributed by atoms with E-state index in [0.29, 0.717) is 37.3 Å². The zero-order chi connectivity index (χ0) is 13.2. The predicted octanol–water partition coefficient (Wildman–Crippen LogP) is 2.48. The maximum Gasteiger partial charge on any atom is 0.224 e. The van der Waals surface area contributed by atoms with Crippen molar-refractivity contribution < 1.29 is 9.53 Å². The number of carbonyl (C=O) groups excluding carboxylic acids is 1. The van der Waals surface area contributed by atoms with Crippen LogP contribution in [0.5, 0.6) is 0 Å². The van der Waals surface area contributed by atoms with Gasteiger partial charge in [-0.3, -0.25) is 4.79 Å². The third kappa shape index (κ3) is 5.28. The average Bonchev–Trinajstić information content (AvgIpc) is 2.38. The van der Waals surface area contributed by atoms with Gasteiger partial charge in [-0.05, 0) is 24.6 Å². The minimum Gasteiger partial charge on any atom is -0.377 e. The van der Waals surface area contributed by atoms with E-state index in [1.54, 1.807) is 30.3 Å². The number of hydrogen-bond acceptors (Lipinski definition) is 3. The van der Waals surface area contributed by atoms with Crippen LogP contribution >= 0.6 is 0 Å². The number of ether oxygens (including phenoxy) is 1. The van der Waals surface area contributed by atoms with Gasteiger partial charge in [0.1, 0.15) is 0 Å². The molecule has 1 N–H and O–H groups in total. The lowest BCUT2D eigenvalue weighted by Gasteiger charge is -2.05. The highest BCUT2D eigenvalue weighted by molar-refractivity contribution is 5.90. The molecule has 0 saturated carbocycles. The summed E-state index contributed by atoms with van der Waals surface area (Å²) in [5.74, 6) is -0.0766. The lowest BCUT2D eigenvalue weighted by Crippen LogP contribution is -2.12. The zero-order valence-corrected chi connectivity index (χ0v) is 10.2. The lowest BCUT2D eigenvalue weighted by molar-refractivity contribution is -0.116. The molecule has 0 unspecified atom stereocenters. The minimum absolute atomic E-state index is 0.0766. The molecule has 1 rings (SSSR count). The Morgan fingerprint density at radius 1 is 1.56 bits per heavy atom. The van der Waals surface area contributed by atoms with Crippen LogP contribution in [0.4, 0.5) is 5.69 Å². The number of nitriles is 1. The van der Waals surface area contributed by atoms with Crippen molar-refractivity contribution in [3.63, 3.8) is 0 Å². The number of amides is 1. The minimum atomic E-state index is -0.0766. The van der Waals surface area contributed by atoms with Gasteiger partial charge in [0.15, 0.2) is 0 Å². The molecule has 1 aromatic rings. The highest BCUT2D eigenvalue weighted by atomic mass is 16.5. The summed E-state index contributed by atoms with van der Waals surface area (Å²) in [6, 6.07) is 8.86. The summed E-state index contributed by atoms with van der Waals surface area (Å²) >= 11 is 0. The highest BCUT2D eigenvalue weighted by Crippen LogP contribution is 2.10. The van der Waals surface area contributed by atoms with E-state index in [9.17, 15) is 4.79 Å². The van der Waals surface area contributed by atoms with Crippen LogP contribution in [0.25, 0.3) is 0 Å². The van der Waals surface area contributed by atoms with Crippen LogP contribution in [0, 0.1) is 11.3 Å². The van der Waals surface area contributed by atoms with Gasteiger partial charge in [0.25, 0.3) is 0 Å². The van der Waals surface area contributed by atoms with Crippen LogP contribution in [0.1, 0.15) is 18.4 Å². The molecule has 0 radical (unpaired) electrons. The first kappa shape index (κ1) is 13.9. The average molecular weight is 244 g/mol. The molecule has 0 aliphatic carbocycles. The molecule has 4 nitrogen and oxygen atoms in total. The number of carbonyl (C=O) groups is 1. The second-order valence-electron chi connectivity index (χ2n) is 3.71. The first-order chi connectivity index (χ1) is 8.76. The molecule has 94 valence electrons. The second-order valence-corrected chi connectivity index (χ2v) is 3.71. The van der Waals surface area contributed by atoms with Crippen molar-refractivity contribution in [3.05, 3.63) is 42.5 Å². The first-order valence-corrected chi connectivity index (χ1v) is 5.75. The molecular formula is C14H16N2O2. The normalized spacial score (nSPS) is 9.50. The molecule has 0 aliphatic rings. The van der Waals surface area contributed by atoms with E-state index in [1.807, 2.05) is 6.07 Å². The summed E-state index contributed by atoms with van der Waals surface area (Å²) in [5.41, 5.74) is 1.17. The molecule has 0 saturated heterocycles. The van der Waals surface area contributed by atoms with Crippen LogP contribution in [-0.2, 0) is 9.53 Å². The Kier molecular flexibility index (Phi) is 6.23. The molecule has 1 amide bonds. The number of benzene rings is 1. The molecule has 0 bridgehead atoms. The smallest absolute Gasteiger partial charge is 0.224 e.